The van der Waals surface area contributed by atoms with Gasteiger partial charge in [-0.1, -0.05) is 0 Å². The molecule has 1 fully saturated rings. The molecule has 1 aromatic rings. The predicted molar refractivity (Wildman–Crippen MR) is 91.0 cm³/mol. The summed E-state index contributed by atoms with van der Waals surface area (Å²) in [5.41, 5.74) is -0.537. The Kier molecular flexibility index (Phi) is 6.47. The molecule has 1 aliphatic rings. The van der Waals surface area contributed by atoms with Crippen LogP contribution in [0.2, 0.25) is 0 Å². The van der Waals surface area contributed by atoms with E-state index in [-0.39, 0.29) is 18.0 Å². The summed E-state index contributed by atoms with van der Waals surface area (Å²) in [6.07, 6.45) is -0.0788. The highest BCUT2D eigenvalue weighted by Crippen LogP contribution is 2.28. The highest BCUT2D eigenvalue weighted by molar-refractivity contribution is 7.89. The van der Waals surface area contributed by atoms with Crippen molar-refractivity contribution in [3.8, 4) is 0 Å². The van der Waals surface area contributed by atoms with Gasteiger partial charge in [-0.2, -0.15) is 0 Å². The maximum atomic E-state index is 12.3. The van der Waals surface area contributed by atoms with E-state index in [1.165, 1.54) is 6.07 Å². The van der Waals surface area contributed by atoms with E-state index in [2.05, 4.69) is 5.32 Å². The molecule has 144 valence electrons. The summed E-state index contributed by atoms with van der Waals surface area (Å²) in [6, 6.07) is 2.35. The number of aliphatic hydroxyl groups is 1. The molecule has 0 saturated carbocycles. The van der Waals surface area contributed by atoms with E-state index in [0.29, 0.717) is 26.3 Å². The first-order valence-corrected chi connectivity index (χ1v) is 9.31. The molecule has 0 aliphatic carbocycles. The van der Waals surface area contributed by atoms with Gasteiger partial charge in [0.15, 0.2) is 0 Å². The summed E-state index contributed by atoms with van der Waals surface area (Å²) in [5, 5.41) is 28.4. The maximum Gasteiger partial charge on any atom is 0.293 e. The lowest BCUT2D eigenvalue weighted by atomic mass is 10.1. The lowest BCUT2D eigenvalue weighted by molar-refractivity contribution is -0.384. The van der Waals surface area contributed by atoms with Crippen LogP contribution in [0.3, 0.4) is 0 Å². The van der Waals surface area contributed by atoms with Crippen LogP contribution in [0, 0.1) is 10.1 Å². The number of nitro groups is 1. The van der Waals surface area contributed by atoms with Crippen molar-refractivity contribution in [3.63, 3.8) is 0 Å². The number of amides is 1. The number of nitrogens with two attached hydrogens (primary N) is 1. The number of ether oxygens (including phenoxy) is 1. The topological polar surface area (TPSA) is 165 Å². The van der Waals surface area contributed by atoms with E-state index in [9.17, 15) is 28.4 Å². The van der Waals surface area contributed by atoms with Gasteiger partial charge in [-0.25, -0.2) is 13.6 Å². The van der Waals surface area contributed by atoms with Gasteiger partial charge >= 0.3 is 0 Å². The SMILES string of the molecule is NS(=O)(=O)c1ccc(N[C@@H](CO)CC(=O)N2CCOCC2)c([N+](=O)[O-])c1. The number of anilines is 1. The first-order chi connectivity index (χ1) is 12.2. The third kappa shape index (κ3) is 5.11. The van der Waals surface area contributed by atoms with E-state index in [4.69, 9.17) is 9.88 Å². The fourth-order valence-corrected chi connectivity index (χ4v) is 3.03. The Morgan fingerprint density at radius 2 is 2.08 bits per heavy atom. The fraction of sp³-hybridized carbons (Fsp3) is 0.500. The first kappa shape index (κ1) is 20.0. The molecule has 0 unspecified atom stereocenters. The zero-order valence-electron chi connectivity index (χ0n) is 13.8. The van der Waals surface area contributed by atoms with E-state index in [1.54, 1.807) is 4.90 Å². The molecule has 1 aromatic carbocycles. The highest BCUT2D eigenvalue weighted by atomic mass is 32.2. The van der Waals surface area contributed by atoms with Gasteiger partial charge in [-0.3, -0.25) is 14.9 Å². The molecule has 26 heavy (non-hydrogen) atoms. The number of carbonyl (C=O) groups excluding carboxylic acids is 1. The van der Waals surface area contributed by atoms with Crippen LogP contribution >= 0.6 is 0 Å². The van der Waals surface area contributed by atoms with Crippen LogP contribution in [-0.2, 0) is 19.6 Å². The Bertz CT molecular complexity index is 778. The average Bonchev–Trinajstić information content (AvgIpc) is 2.60. The number of hydrogen-bond donors (Lipinski definition) is 3. The van der Waals surface area contributed by atoms with Crippen LogP contribution in [0.1, 0.15) is 6.42 Å². The van der Waals surface area contributed by atoms with Crippen molar-refractivity contribution in [3.05, 3.63) is 28.3 Å². The van der Waals surface area contributed by atoms with Crippen LogP contribution in [0.25, 0.3) is 0 Å². The Morgan fingerprint density at radius 1 is 1.42 bits per heavy atom. The molecule has 1 amide bonds. The third-order valence-electron chi connectivity index (χ3n) is 3.86. The molecular weight excluding hydrogens is 368 g/mol. The highest BCUT2D eigenvalue weighted by Gasteiger charge is 2.24. The van der Waals surface area contributed by atoms with E-state index >= 15 is 0 Å². The largest absolute Gasteiger partial charge is 0.394 e. The van der Waals surface area contributed by atoms with Crippen molar-refractivity contribution >= 4 is 27.3 Å². The van der Waals surface area contributed by atoms with Gasteiger partial charge in [-0.15, -0.1) is 0 Å². The summed E-state index contributed by atoms with van der Waals surface area (Å²) in [6.45, 7) is 1.32. The molecule has 2 rings (SSSR count). The zero-order chi connectivity index (χ0) is 19.3. The molecule has 0 spiro atoms. The van der Waals surface area contributed by atoms with Crippen molar-refractivity contribution in [2.24, 2.45) is 5.14 Å². The minimum absolute atomic E-state index is 0.0174. The number of morpholine rings is 1. The van der Waals surface area contributed by atoms with Crippen molar-refractivity contribution in [1.82, 2.24) is 4.90 Å². The number of benzene rings is 1. The lowest BCUT2D eigenvalue weighted by Gasteiger charge is -2.28. The minimum Gasteiger partial charge on any atom is -0.394 e. The molecule has 1 saturated heterocycles. The number of nitrogens with zero attached hydrogens (tertiary/aromatic N) is 2. The number of sulfonamides is 1. The lowest BCUT2D eigenvalue weighted by Crippen LogP contribution is -2.43. The standard InChI is InChI=1S/C14H20N4O7S/c15-26(23,24)11-1-2-12(13(8-11)18(21)22)16-10(9-19)7-14(20)17-3-5-25-6-4-17/h1-2,8,10,16,19H,3-7,9H2,(H2,15,23,24)/t10-/m1/s1. The van der Waals surface area contributed by atoms with Gasteiger partial charge in [0, 0.05) is 25.6 Å². The van der Waals surface area contributed by atoms with E-state index < -0.39 is 38.2 Å². The van der Waals surface area contributed by atoms with Gasteiger partial charge < -0.3 is 20.1 Å². The van der Waals surface area contributed by atoms with Gasteiger partial charge in [0.25, 0.3) is 5.69 Å². The van der Waals surface area contributed by atoms with Crippen LogP contribution in [0.15, 0.2) is 23.1 Å². The van der Waals surface area contributed by atoms with Crippen LogP contribution in [0.4, 0.5) is 11.4 Å². The number of nitro benzene ring substituents is 1. The van der Waals surface area contributed by atoms with E-state index in [1.807, 2.05) is 0 Å². The molecular formula is C14H20N4O7S. The van der Waals surface area contributed by atoms with Gasteiger partial charge in [-0.05, 0) is 12.1 Å². The number of primary sulfonamides is 1. The second kappa shape index (κ2) is 8.40. The Hall–Kier alpha value is -2.28. The number of hydrogen-bond acceptors (Lipinski definition) is 8. The molecule has 12 heteroatoms. The van der Waals surface area contributed by atoms with Crippen LogP contribution < -0.4 is 10.5 Å². The van der Waals surface area contributed by atoms with Crippen molar-refractivity contribution < 1.29 is 28.0 Å². The number of rotatable bonds is 7. The quantitative estimate of drug-likeness (QED) is 0.406. The van der Waals surface area contributed by atoms with Gasteiger partial charge in [0.1, 0.15) is 5.69 Å². The number of carbonyl (C=O) groups is 1. The van der Waals surface area contributed by atoms with Gasteiger partial charge in [0.2, 0.25) is 15.9 Å². The van der Waals surface area contributed by atoms with Crippen LogP contribution in [-0.4, -0.2) is 68.2 Å². The summed E-state index contributed by atoms with van der Waals surface area (Å²) in [4.78, 5) is 23.9. The second-order valence-corrected chi connectivity index (χ2v) is 7.26. The van der Waals surface area contributed by atoms with Crippen molar-refractivity contribution in [2.75, 3.05) is 38.2 Å². The Morgan fingerprint density at radius 3 is 2.62 bits per heavy atom. The normalized spacial score (nSPS) is 16.2. The molecule has 1 atom stereocenters. The third-order valence-corrected chi connectivity index (χ3v) is 4.77. The number of aliphatic hydroxyl groups excluding tert-OH is 1. The maximum absolute atomic E-state index is 12.3. The molecule has 0 radical (unpaired) electrons. The second-order valence-electron chi connectivity index (χ2n) is 5.70. The summed E-state index contributed by atoms with van der Waals surface area (Å²) in [5.74, 6) is -0.219. The van der Waals surface area contributed by atoms with E-state index in [0.717, 1.165) is 12.1 Å². The summed E-state index contributed by atoms with van der Waals surface area (Å²) >= 11 is 0. The monoisotopic (exact) mass is 388 g/mol. The number of nitrogens with one attached hydrogen (secondary N) is 1. The van der Waals surface area contributed by atoms with Crippen molar-refractivity contribution in [2.45, 2.75) is 17.4 Å². The summed E-state index contributed by atoms with van der Waals surface area (Å²) < 4.78 is 27.9. The Labute approximate surface area is 149 Å². The smallest absolute Gasteiger partial charge is 0.293 e. The zero-order valence-corrected chi connectivity index (χ0v) is 14.6. The van der Waals surface area contributed by atoms with Crippen molar-refractivity contribution in [1.29, 1.82) is 0 Å². The molecule has 1 aliphatic heterocycles. The molecule has 0 bridgehead atoms. The molecule has 0 aromatic heterocycles. The molecule has 4 N–H and O–H groups in total. The minimum atomic E-state index is -4.10. The molecule has 1 heterocycles. The van der Waals surface area contributed by atoms with Gasteiger partial charge in [0.05, 0.1) is 35.7 Å². The summed E-state index contributed by atoms with van der Waals surface area (Å²) in [7, 11) is -4.10. The van der Waals surface area contributed by atoms with Crippen LogP contribution in [0.5, 0.6) is 0 Å². The Balaban J connectivity index is 2.16. The predicted octanol–water partition coefficient (Wildman–Crippen LogP) is -0.736. The molecule has 11 nitrogen and oxygen atoms in total. The first-order valence-electron chi connectivity index (χ1n) is 7.76. The average molecular weight is 388 g/mol. The fourth-order valence-electron chi connectivity index (χ4n) is 2.50.